The molecule has 3 N–H and O–H groups in total. The van der Waals surface area contributed by atoms with Crippen molar-refractivity contribution in [1.82, 2.24) is 0 Å². The predicted molar refractivity (Wildman–Crippen MR) is 136 cm³/mol. The van der Waals surface area contributed by atoms with Gasteiger partial charge in [-0.25, -0.2) is 17.6 Å². The van der Waals surface area contributed by atoms with E-state index in [4.69, 9.17) is 23.2 Å². The van der Waals surface area contributed by atoms with Crippen LogP contribution in [-0.2, 0) is 15.8 Å². The monoisotopic (exact) mass is 621 g/mol. The lowest BCUT2D eigenvalue weighted by molar-refractivity contribution is -0.140. The van der Waals surface area contributed by atoms with Gasteiger partial charge in [0.25, 0.3) is 5.91 Å². The van der Waals surface area contributed by atoms with Crippen molar-refractivity contribution in [3.63, 3.8) is 0 Å². The number of benzene rings is 3. The van der Waals surface area contributed by atoms with Crippen molar-refractivity contribution in [2.45, 2.75) is 23.4 Å². The standard InChI is InChI=1S/C26H16Cl2F7N3O3/c1-10(39)36-22-17(31)6-7-18(21(22)32)38-23(40)13-9-12(3-5-15(13)29)37-24(41)20-19(25(20,27)28)11-2-4-16(30)14(8-11)26(33,34)35/h2-9,19-20H,1H3,(H,36,39)(H,37,41)(H,38,40). The van der Waals surface area contributed by atoms with Gasteiger partial charge in [-0.15, -0.1) is 23.2 Å². The van der Waals surface area contributed by atoms with Gasteiger partial charge in [0.1, 0.15) is 27.5 Å². The minimum atomic E-state index is -5.01. The van der Waals surface area contributed by atoms with Crippen LogP contribution in [0.3, 0.4) is 0 Å². The van der Waals surface area contributed by atoms with E-state index in [1.54, 1.807) is 0 Å². The van der Waals surface area contributed by atoms with Crippen LogP contribution in [0.2, 0.25) is 0 Å². The van der Waals surface area contributed by atoms with Gasteiger partial charge in [-0.05, 0) is 48.0 Å². The molecule has 15 heteroatoms. The van der Waals surface area contributed by atoms with E-state index in [0.29, 0.717) is 12.1 Å². The molecule has 0 aliphatic heterocycles. The number of halogens is 9. The molecule has 41 heavy (non-hydrogen) atoms. The van der Waals surface area contributed by atoms with Crippen molar-refractivity contribution in [3.8, 4) is 0 Å². The van der Waals surface area contributed by atoms with Crippen molar-refractivity contribution in [3.05, 3.63) is 88.5 Å². The largest absolute Gasteiger partial charge is 0.419 e. The number of carbonyl (C=O) groups excluding carboxylic acids is 3. The summed E-state index contributed by atoms with van der Waals surface area (Å²) in [5, 5.41) is 6.30. The average molecular weight is 622 g/mol. The lowest BCUT2D eigenvalue weighted by Gasteiger charge is -2.12. The second-order valence-corrected chi connectivity index (χ2v) is 10.4. The molecule has 2 atom stereocenters. The van der Waals surface area contributed by atoms with E-state index in [0.717, 1.165) is 43.3 Å². The van der Waals surface area contributed by atoms with Crippen LogP contribution in [0.15, 0.2) is 48.5 Å². The fourth-order valence-electron chi connectivity index (χ4n) is 4.15. The Balaban J connectivity index is 1.53. The van der Waals surface area contributed by atoms with Crippen molar-refractivity contribution < 1.29 is 45.1 Å². The highest BCUT2D eigenvalue weighted by Crippen LogP contribution is 2.65. The molecule has 2 unspecified atom stereocenters. The maximum absolute atomic E-state index is 14.7. The van der Waals surface area contributed by atoms with Gasteiger partial charge in [0.15, 0.2) is 5.82 Å². The Morgan fingerprint density at radius 3 is 2.10 bits per heavy atom. The third kappa shape index (κ3) is 6.10. The second kappa shape index (κ2) is 10.9. The predicted octanol–water partition coefficient (Wildman–Crippen LogP) is 7.00. The highest BCUT2D eigenvalue weighted by molar-refractivity contribution is 6.53. The zero-order valence-electron chi connectivity index (χ0n) is 20.4. The molecule has 216 valence electrons. The minimum Gasteiger partial charge on any atom is -0.326 e. The van der Waals surface area contributed by atoms with Crippen LogP contribution >= 0.6 is 23.2 Å². The molecular weight excluding hydrogens is 606 g/mol. The normalized spacial score (nSPS) is 17.5. The quantitative estimate of drug-likeness (QED) is 0.205. The average Bonchev–Trinajstić information content (AvgIpc) is 3.45. The molecule has 4 rings (SSSR count). The van der Waals surface area contributed by atoms with Gasteiger partial charge in [-0.1, -0.05) is 6.07 Å². The van der Waals surface area contributed by atoms with Gasteiger partial charge in [0.05, 0.1) is 22.7 Å². The van der Waals surface area contributed by atoms with E-state index in [2.05, 4.69) is 5.32 Å². The third-order valence-electron chi connectivity index (χ3n) is 6.11. The number of alkyl halides is 5. The van der Waals surface area contributed by atoms with E-state index >= 15 is 0 Å². The Bertz CT molecular complexity index is 1580. The number of anilines is 3. The molecule has 3 aromatic rings. The van der Waals surface area contributed by atoms with Crippen LogP contribution < -0.4 is 16.0 Å². The number of hydrogen-bond acceptors (Lipinski definition) is 3. The number of amides is 3. The van der Waals surface area contributed by atoms with Gasteiger partial charge in [-0.2, -0.15) is 13.2 Å². The summed E-state index contributed by atoms with van der Waals surface area (Å²) >= 11 is 12.3. The molecule has 6 nitrogen and oxygen atoms in total. The summed E-state index contributed by atoms with van der Waals surface area (Å²) in [6.45, 7) is 1.00. The molecule has 0 bridgehead atoms. The first-order valence-corrected chi connectivity index (χ1v) is 12.2. The summed E-state index contributed by atoms with van der Waals surface area (Å²) in [5.74, 6) is -10.5. The van der Waals surface area contributed by atoms with Crippen LogP contribution in [0.25, 0.3) is 0 Å². The molecule has 1 saturated carbocycles. The molecule has 0 aromatic heterocycles. The summed E-state index contributed by atoms with van der Waals surface area (Å²) < 4.78 is 94.2. The van der Waals surface area contributed by atoms with Gasteiger partial charge >= 0.3 is 6.18 Å². The molecule has 1 aliphatic carbocycles. The molecule has 0 heterocycles. The zero-order valence-corrected chi connectivity index (χ0v) is 21.9. The fourth-order valence-corrected chi connectivity index (χ4v) is 4.98. The molecule has 1 fully saturated rings. The number of rotatable bonds is 6. The topological polar surface area (TPSA) is 87.3 Å². The molecule has 1 aliphatic rings. The van der Waals surface area contributed by atoms with Gasteiger partial charge in [0.2, 0.25) is 11.8 Å². The van der Waals surface area contributed by atoms with Gasteiger partial charge in [0, 0.05) is 18.5 Å². The first-order valence-electron chi connectivity index (χ1n) is 11.4. The smallest absolute Gasteiger partial charge is 0.326 e. The Hall–Kier alpha value is -3.84. The maximum atomic E-state index is 14.7. The Morgan fingerprint density at radius 2 is 1.46 bits per heavy atom. The van der Waals surface area contributed by atoms with Gasteiger partial charge < -0.3 is 16.0 Å². The number of nitrogens with one attached hydrogen (secondary N) is 3. The Labute approximate surface area is 236 Å². The highest BCUT2D eigenvalue weighted by atomic mass is 35.5. The fraction of sp³-hybridized carbons (Fsp3) is 0.192. The molecule has 3 amide bonds. The second-order valence-electron chi connectivity index (χ2n) is 8.97. The summed E-state index contributed by atoms with van der Waals surface area (Å²) in [4.78, 5) is 36.8. The van der Waals surface area contributed by atoms with Crippen molar-refractivity contribution in [2.24, 2.45) is 5.92 Å². The number of carbonyl (C=O) groups is 3. The van der Waals surface area contributed by atoms with E-state index in [-0.39, 0.29) is 11.3 Å². The van der Waals surface area contributed by atoms with Crippen LogP contribution in [-0.4, -0.2) is 22.1 Å². The summed E-state index contributed by atoms with van der Waals surface area (Å²) in [6, 6.07) is 6.40. The molecule has 0 radical (unpaired) electrons. The minimum absolute atomic E-state index is 0.150. The van der Waals surface area contributed by atoms with E-state index in [9.17, 15) is 45.1 Å². The molecule has 0 spiro atoms. The van der Waals surface area contributed by atoms with E-state index < -0.39 is 85.8 Å². The Kier molecular flexibility index (Phi) is 7.98. The summed E-state index contributed by atoms with van der Waals surface area (Å²) in [7, 11) is 0. The first kappa shape index (κ1) is 30.1. The van der Waals surface area contributed by atoms with Gasteiger partial charge in [-0.3, -0.25) is 14.4 Å². The lowest BCUT2D eigenvalue weighted by atomic mass is 10.0. The van der Waals surface area contributed by atoms with Crippen LogP contribution in [0.1, 0.15) is 34.3 Å². The molecule has 3 aromatic carbocycles. The third-order valence-corrected chi connectivity index (χ3v) is 7.05. The summed E-state index contributed by atoms with van der Waals surface area (Å²) in [5.41, 5.74) is -4.00. The Morgan fingerprint density at radius 1 is 0.829 bits per heavy atom. The molecular formula is C26H16Cl2F7N3O3. The van der Waals surface area contributed by atoms with Crippen molar-refractivity contribution in [1.29, 1.82) is 0 Å². The lowest BCUT2D eigenvalue weighted by Crippen LogP contribution is -2.19. The van der Waals surface area contributed by atoms with E-state index in [1.165, 1.54) is 0 Å². The van der Waals surface area contributed by atoms with Crippen LogP contribution in [0.4, 0.5) is 47.8 Å². The SMILES string of the molecule is CC(=O)Nc1c(F)ccc(NC(=O)c2cc(NC(=O)C3C(c4ccc(F)c(C(F)(F)F)c4)C3(Cl)Cl)ccc2F)c1F. The highest BCUT2D eigenvalue weighted by Gasteiger charge is 2.67. The van der Waals surface area contributed by atoms with E-state index in [1.807, 2.05) is 10.6 Å². The summed E-state index contributed by atoms with van der Waals surface area (Å²) in [6.07, 6.45) is -5.01. The number of hydrogen-bond donors (Lipinski definition) is 3. The van der Waals surface area contributed by atoms with Crippen LogP contribution in [0, 0.1) is 29.2 Å². The zero-order chi connectivity index (χ0) is 30.4. The maximum Gasteiger partial charge on any atom is 0.419 e. The van der Waals surface area contributed by atoms with Crippen molar-refractivity contribution >= 4 is 58.0 Å². The van der Waals surface area contributed by atoms with Crippen molar-refractivity contribution in [2.75, 3.05) is 16.0 Å². The molecule has 0 saturated heterocycles. The van der Waals surface area contributed by atoms with Crippen LogP contribution in [0.5, 0.6) is 0 Å². The first-order chi connectivity index (χ1) is 19.0.